The van der Waals surface area contributed by atoms with Crippen LogP contribution in [-0.2, 0) is 17.5 Å². The normalized spacial score (nSPS) is 15.4. The van der Waals surface area contributed by atoms with Crippen molar-refractivity contribution >= 4 is 17.6 Å². The van der Waals surface area contributed by atoms with Gasteiger partial charge in [-0.05, 0) is 60.5 Å². The van der Waals surface area contributed by atoms with Gasteiger partial charge >= 0.3 is 12.2 Å². The maximum absolute atomic E-state index is 13.6. The Kier molecular flexibility index (Phi) is 7.32. The first kappa shape index (κ1) is 25.3. The predicted molar refractivity (Wildman–Crippen MR) is 127 cm³/mol. The molecule has 6 nitrogen and oxygen atoms in total. The third kappa shape index (κ3) is 5.53. The summed E-state index contributed by atoms with van der Waals surface area (Å²) in [7, 11) is 0. The van der Waals surface area contributed by atoms with Gasteiger partial charge in [0.1, 0.15) is 12.4 Å². The smallest absolute Gasteiger partial charge is 0.348 e. The van der Waals surface area contributed by atoms with E-state index in [9.17, 15) is 27.2 Å². The van der Waals surface area contributed by atoms with Crippen LogP contribution in [0.3, 0.4) is 0 Å². The lowest BCUT2D eigenvalue weighted by Gasteiger charge is -2.38. The van der Waals surface area contributed by atoms with E-state index in [1.165, 1.54) is 29.2 Å². The van der Waals surface area contributed by atoms with Gasteiger partial charge in [-0.2, -0.15) is 13.2 Å². The zero-order valence-electron chi connectivity index (χ0n) is 19.6. The molecule has 0 saturated heterocycles. The number of fused-ring (bicyclic) bond motifs is 1. The van der Waals surface area contributed by atoms with Crippen molar-refractivity contribution in [1.82, 2.24) is 14.4 Å². The highest BCUT2D eigenvalue weighted by Gasteiger charge is 2.33. The highest BCUT2D eigenvalue weighted by atomic mass is 19.4. The van der Waals surface area contributed by atoms with Gasteiger partial charge in [-0.1, -0.05) is 19.1 Å². The molecule has 2 heterocycles. The van der Waals surface area contributed by atoms with Crippen LogP contribution in [0.4, 0.5) is 28.0 Å². The van der Waals surface area contributed by atoms with Crippen LogP contribution in [0.5, 0.6) is 0 Å². The minimum absolute atomic E-state index is 0.196. The van der Waals surface area contributed by atoms with Gasteiger partial charge in [0.2, 0.25) is 5.91 Å². The fourth-order valence-electron chi connectivity index (χ4n) is 4.37. The molecule has 0 bridgehead atoms. The maximum atomic E-state index is 13.6. The molecule has 190 valence electrons. The van der Waals surface area contributed by atoms with E-state index in [-0.39, 0.29) is 30.5 Å². The summed E-state index contributed by atoms with van der Waals surface area (Å²) in [5.41, 5.74) is 1.02. The van der Waals surface area contributed by atoms with E-state index in [0.717, 1.165) is 23.4 Å². The molecule has 0 fully saturated rings. The molecule has 0 aliphatic carbocycles. The standard InChI is InChI=1S/C26H26F4N4O2/c1-2-13-33(25(36)31-21-11-7-19(8-12-21)26(28,29)30)17-23(35)34-16-15-32-14-3-4-22(32)24(34)18-5-9-20(27)10-6-18/h3-12,14,24H,2,13,15-17H2,1H3,(H,31,36). The summed E-state index contributed by atoms with van der Waals surface area (Å²) in [6.45, 7) is 2.92. The number of nitrogens with one attached hydrogen (secondary N) is 1. The number of carbonyl (C=O) groups excluding carboxylic acids is 2. The number of hydrogen-bond donors (Lipinski definition) is 1. The lowest BCUT2D eigenvalue weighted by molar-refractivity contribution is -0.137. The van der Waals surface area contributed by atoms with Gasteiger partial charge in [-0.3, -0.25) is 4.79 Å². The fourth-order valence-corrected chi connectivity index (χ4v) is 4.37. The molecule has 3 aromatic rings. The van der Waals surface area contributed by atoms with Crippen molar-refractivity contribution < 1.29 is 27.2 Å². The second-order valence-corrected chi connectivity index (χ2v) is 8.59. The number of anilines is 1. The van der Waals surface area contributed by atoms with E-state index in [0.29, 0.717) is 19.5 Å². The molecular formula is C26H26F4N4O2. The van der Waals surface area contributed by atoms with Crippen molar-refractivity contribution in [2.45, 2.75) is 32.1 Å². The summed E-state index contributed by atoms with van der Waals surface area (Å²) in [6, 6.07) is 12.9. The van der Waals surface area contributed by atoms with Crippen molar-refractivity contribution in [3.8, 4) is 0 Å². The Hall–Kier alpha value is -3.82. The van der Waals surface area contributed by atoms with Gasteiger partial charge in [0.25, 0.3) is 0 Å². The average molecular weight is 503 g/mol. The zero-order chi connectivity index (χ0) is 25.9. The van der Waals surface area contributed by atoms with Crippen molar-refractivity contribution in [1.29, 1.82) is 0 Å². The Labute approximate surface area is 206 Å². The topological polar surface area (TPSA) is 57.6 Å². The molecule has 10 heteroatoms. The maximum Gasteiger partial charge on any atom is 0.416 e. The predicted octanol–water partition coefficient (Wildman–Crippen LogP) is 5.52. The number of halogens is 4. The zero-order valence-corrected chi connectivity index (χ0v) is 19.6. The van der Waals surface area contributed by atoms with Crippen molar-refractivity contribution in [3.05, 3.63) is 89.5 Å². The molecular weight excluding hydrogens is 476 g/mol. The van der Waals surface area contributed by atoms with Gasteiger partial charge in [0.15, 0.2) is 0 Å². The molecule has 0 radical (unpaired) electrons. The molecule has 4 rings (SSSR count). The van der Waals surface area contributed by atoms with E-state index in [1.807, 2.05) is 29.8 Å². The first-order chi connectivity index (χ1) is 17.2. The number of alkyl halides is 3. The summed E-state index contributed by atoms with van der Waals surface area (Å²) >= 11 is 0. The summed E-state index contributed by atoms with van der Waals surface area (Å²) < 4.78 is 54.1. The Morgan fingerprint density at radius 3 is 2.36 bits per heavy atom. The number of carbonyl (C=O) groups is 2. The van der Waals surface area contributed by atoms with Crippen molar-refractivity contribution in [3.63, 3.8) is 0 Å². The van der Waals surface area contributed by atoms with E-state index in [1.54, 1.807) is 17.0 Å². The Morgan fingerprint density at radius 2 is 1.72 bits per heavy atom. The quantitative estimate of drug-likeness (QED) is 0.451. The molecule has 1 N–H and O–H groups in total. The molecule has 1 aromatic heterocycles. The number of benzene rings is 2. The fraction of sp³-hybridized carbons (Fsp3) is 0.308. The number of hydrogen-bond acceptors (Lipinski definition) is 2. The summed E-state index contributed by atoms with van der Waals surface area (Å²) in [4.78, 5) is 29.4. The van der Waals surface area contributed by atoms with E-state index < -0.39 is 23.8 Å². The van der Waals surface area contributed by atoms with Gasteiger partial charge in [0.05, 0.1) is 11.6 Å². The number of rotatable bonds is 6. The molecule has 1 atom stereocenters. The SMILES string of the molecule is CCCN(CC(=O)N1CCn2cccc2C1c1ccc(F)cc1)C(=O)Nc1ccc(C(F)(F)F)cc1. The highest BCUT2D eigenvalue weighted by molar-refractivity contribution is 5.92. The third-order valence-electron chi connectivity index (χ3n) is 6.11. The minimum Gasteiger partial charge on any atom is -0.348 e. The van der Waals surface area contributed by atoms with E-state index >= 15 is 0 Å². The van der Waals surface area contributed by atoms with Crippen LogP contribution in [0.2, 0.25) is 0 Å². The van der Waals surface area contributed by atoms with Crippen molar-refractivity contribution in [2.75, 3.05) is 25.0 Å². The van der Waals surface area contributed by atoms with E-state index in [2.05, 4.69) is 5.32 Å². The molecule has 1 aliphatic heterocycles. The van der Waals surface area contributed by atoms with E-state index in [4.69, 9.17) is 0 Å². The summed E-state index contributed by atoms with van der Waals surface area (Å²) in [5.74, 6) is -0.662. The number of amides is 3. The lowest BCUT2D eigenvalue weighted by Crippen LogP contribution is -2.48. The first-order valence-electron chi connectivity index (χ1n) is 11.6. The first-order valence-corrected chi connectivity index (χ1v) is 11.6. The summed E-state index contributed by atoms with van der Waals surface area (Å²) in [6.07, 6.45) is -1.97. The molecule has 1 aliphatic rings. The molecule has 2 aromatic carbocycles. The molecule has 3 amide bonds. The second-order valence-electron chi connectivity index (χ2n) is 8.59. The molecule has 0 spiro atoms. The Balaban J connectivity index is 1.51. The van der Waals surface area contributed by atoms with Crippen LogP contribution in [0.25, 0.3) is 0 Å². The second kappa shape index (κ2) is 10.4. The average Bonchev–Trinajstić information content (AvgIpc) is 3.32. The van der Waals surface area contributed by atoms with Crippen LogP contribution in [-0.4, -0.2) is 45.9 Å². The van der Waals surface area contributed by atoms with Crippen LogP contribution in [0.1, 0.15) is 36.2 Å². The van der Waals surface area contributed by atoms with Crippen LogP contribution in [0.15, 0.2) is 66.9 Å². The molecule has 0 saturated carbocycles. The van der Waals surface area contributed by atoms with Gasteiger partial charge < -0.3 is 19.7 Å². The molecule has 36 heavy (non-hydrogen) atoms. The number of nitrogens with zero attached hydrogens (tertiary/aromatic N) is 3. The van der Waals surface area contributed by atoms with Crippen LogP contribution in [0, 0.1) is 5.82 Å². The molecule has 1 unspecified atom stereocenters. The largest absolute Gasteiger partial charge is 0.416 e. The Morgan fingerprint density at radius 1 is 1.03 bits per heavy atom. The van der Waals surface area contributed by atoms with Crippen LogP contribution < -0.4 is 5.32 Å². The van der Waals surface area contributed by atoms with Gasteiger partial charge in [-0.25, -0.2) is 9.18 Å². The monoisotopic (exact) mass is 502 g/mol. The number of urea groups is 1. The third-order valence-corrected chi connectivity index (χ3v) is 6.11. The lowest BCUT2D eigenvalue weighted by atomic mass is 9.99. The summed E-state index contributed by atoms with van der Waals surface area (Å²) in [5, 5.41) is 2.58. The van der Waals surface area contributed by atoms with Gasteiger partial charge in [0, 0.05) is 37.2 Å². The van der Waals surface area contributed by atoms with Crippen molar-refractivity contribution in [2.24, 2.45) is 0 Å². The Bertz CT molecular complexity index is 1210. The van der Waals surface area contributed by atoms with Crippen LogP contribution >= 0.6 is 0 Å². The van der Waals surface area contributed by atoms with Gasteiger partial charge in [-0.15, -0.1) is 0 Å². The highest BCUT2D eigenvalue weighted by Crippen LogP contribution is 2.33. The number of aromatic nitrogens is 1. The minimum atomic E-state index is -4.47.